The molecule has 1 aromatic heterocycles. The van der Waals surface area contributed by atoms with Gasteiger partial charge < -0.3 is 15.0 Å². The van der Waals surface area contributed by atoms with Crippen molar-refractivity contribution in [1.82, 2.24) is 20.2 Å². The summed E-state index contributed by atoms with van der Waals surface area (Å²) in [5.41, 5.74) is 1.21. The number of benzene rings is 1. The lowest BCUT2D eigenvalue weighted by Gasteiger charge is -2.34. The van der Waals surface area contributed by atoms with E-state index in [9.17, 15) is 4.79 Å². The lowest BCUT2D eigenvalue weighted by atomic mass is 10.0. The summed E-state index contributed by atoms with van der Waals surface area (Å²) in [5, 5.41) is 2.94. The topological polar surface area (TPSA) is 70.6 Å². The van der Waals surface area contributed by atoms with E-state index in [1.54, 1.807) is 12.4 Å². The fraction of sp³-hybridized carbons (Fsp3) is 0.476. The Kier molecular flexibility index (Phi) is 7.19. The van der Waals surface area contributed by atoms with Crippen LogP contribution in [0.5, 0.6) is 5.75 Å². The summed E-state index contributed by atoms with van der Waals surface area (Å²) in [5.74, 6) is 1.87. The summed E-state index contributed by atoms with van der Waals surface area (Å²) in [4.78, 5) is 25.2. The van der Waals surface area contributed by atoms with Gasteiger partial charge >= 0.3 is 0 Å². The molecule has 150 valence electrons. The van der Waals surface area contributed by atoms with E-state index in [4.69, 9.17) is 4.74 Å². The van der Waals surface area contributed by atoms with Gasteiger partial charge in [0, 0.05) is 51.7 Å². The molecule has 7 nitrogen and oxygen atoms in total. The smallest absolute Gasteiger partial charge is 0.257 e. The largest absolute Gasteiger partial charge is 0.484 e. The molecule has 28 heavy (non-hydrogen) atoms. The summed E-state index contributed by atoms with van der Waals surface area (Å²) in [6.45, 7) is 9.44. The number of hydrogen-bond donors (Lipinski definition) is 1. The van der Waals surface area contributed by atoms with Gasteiger partial charge in [-0.2, -0.15) is 0 Å². The van der Waals surface area contributed by atoms with Gasteiger partial charge in [-0.05, 0) is 29.7 Å². The molecule has 0 radical (unpaired) electrons. The molecular weight excluding hydrogens is 354 g/mol. The standard InChI is InChI=1S/C21H29N5O2/c1-17(2)18-5-3-6-19(15-18)28-16-20(27)22-9-10-25-11-13-26(14-12-25)21-23-7-4-8-24-21/h3-8,15,17H,9-14,16H2,1-2H3,(H,22,27). The Balaban J connectivity index is 1.32. The monoisotopic (exact) mass is 383 g/mol. The van der Waals surface area contributed by atoms with E-state index >= 15 is 0 Å². The van der Waals surface area contributed by atoms with Crippen LogP contribution in [0.3, 0.4) is 0 Å². The number of anilines is 1. The van der Waals surface area contributed by atoms with Crippen molar-refractivity contribution in [3.8, 4) is 5.75 Å². The van der Waals surface area contributed by atoms with E-state index in [-0.39, 0.29) is 12.5 Å². The fourth-order valence-corrected chi connectivity index (χ4v) is 3.14. The zero-order valence-electron chi connectivity index (χ0n) is 16.7. The van der Waals surface area contributed by atoms with Crippen molar-refractivity contribution < 1.29 is 9.53 Å². The van der Waals surface area contributed by atoms with Crippen LogP contribution in [0, 0.1) is 0 Å². The van der Waals surface area contributed by atoms with Gasteiger partial charge in [-0.25, -0.2) is 9.97 Å². The molecule has 1 saturated heterocycles. The Hall–Kier alpha value is -2.67. The molecule has 2 aromatic rings. The molecule has 1 aliphatic heterocycles. The highest BCUT2D eigenvalue weighted by atomic mass is 16.5. The van der Waals surface area contributed by atoms with Crippen LogP contribution >= 0.6 is 0 Å². The van der Waals surface area contributed by atoms with Gasteiger partial charge in [0.25, 0.3) is 5.91 Å². The highest BCUT2D eigenvalue weighted by molar-refractivity contribution is 5.77. The highest BCUT2D eigenvalue weighted by Crippen LogP contribution is 2.19. The molecule has 1 aromatic carbocycles. The average Bonchev–Trinajstić information content (AvgIpc) is 2.73. The maximum atomic E-state index is 12.0. The molecule has 1 aliphatic rings. The van der Waals surface area contributed by atoms with Gasteiger partial charge in [-0.15, -0.1) is 0 Å². The first-order valence-electron chi connectivity index (χ1n) is 9.85. The maximum absolute atomic E-state index is 12.0. The second kappa shape index (κ2) is 10.0. The average molecular weight is 383 g/mol. The van der Waals surface area contributed by atoms with Crippen molar-refractivity contribution in [3.05, 3.63) is 48.3 Å². The first-order valence-corrected chi connectivity index (χ1v) is 9.85. The zero-order chi connectivity index (χ0) is 19.8. The van der Waals surface area contributed by atoms with Crippen LogP contribution in [0.1, 0.15) is 25.3 Å². The predicted octanol–water partition coefficient (Wildman–Crippen LogP) is 1.92. The molecule has 1 N–H and O–H groups in total. The van der Waals surface area contributed by atoms with Crippen molar-refractivity contribution in [2.45, 2.75) is 19.8 Å². The summed E-state index contributed by atoms with van der Waals surface area (Å²) in [6, 6.07) is 9.74. The molecule has 0 spiro atoms. The van der Waals surface area contributed by atoms with Gasteiger partial charge in [0.1, 0.15) is 5.75 Å². The molecule has 2 heterocycles. The molecule has 1 amide bonds. The zero-order valence-corrected chi connectivity index (χ0v) is 16.7. The Morgan fingerprint density at radius 2 is 1.89 bits per heavy atom. The SMILES string of the molecule is CC(C)c1cccc(OCC(=O)NCCN2CCN(c3ncccn3)CC2)c1. The number of hydrogen-bond acceptors (Lipinski definition) is 6. The maximum Gasteiger partial charge on any atom is 0.257 e. The van der Waals surface area contributed by atoms with E-state index in [1.165, 1.54) is 5.56 Å². The molecule has 0 saturated carbocycles. The first kappa shape index (κ1) is 20.1. The quantitative estimate of drug-likeness (QED) is 0.751. The minimum Gasteiger partial charge on any atom is -0.484 e. The summed E-state index contributed by atoms with van der Waals surface area (Å²) < 4.78 is 5.62. The Bertz CT molecular complexity index is 745. The van der Waals surface area contributed by atoms with Crippen LogP contribution in [-0.4, -0.2) is 66.7 Å². The Labute approximate surface area is 166 Å². The van der Waals surface area contributed by atoms with Gasteiger partial charge in [-0.3, -0.25) is 9.69 Å². The third-order valence-electron chi connectivity index (χ3n) is 4.85. The van der Waals surface area contributed by atoms with Crippen LogP contribution in [0.25, 0.3) is 0 Å². The van der Waals surface area contributed by atoms with E-state index < -0.39 is 0 Å². The second-order valence-corrected chi connectivity index (χ2v) is 7.24. The minimum absolute atomic E-state index is 0.0423. The number of amides is 1. The van der Waals surface area contributed by atoms with E-state index in [2.05, 4.69) is 45.0 Å². The molecule has 1 fully saturated rings. The van der Waals surface area contributed by atoms with Crippen molar-refractivity contribution in [1.29, 1.82) is 0 Å². The van der Waals surface area contributed by atoms with Gasteiger partial charge in [0.05, 0.1) is 0 Å². The van der Waals surface area contributed by atoms with Crippen molar-refractivity contribution >= 4 is 11.9 Å². The molecule has 3 rings (SSSR count). The van der Waals surface area contributed by atoms with Crippen LogP contribution in [0.15, 0.2) is 42.7 Å². The van der Waals surface area contributed by atoms with E-state index in [1.807, 2.05) is 24.3 Å². The van der Waals surface area contributed by atoms with Crippen molar-refractivity contribution in [2.75, 3.05) is 50.8 Å². The molecule has 0 aliphatic carbocycles. The van der Waals surface area contributed by atoms with Crippen LogP contribution in [-0.2, 0) is 4.79 Å². The molecular formula is C21H29N5O2. The number of ether oxygens (including phenoxy) is 1. The number of piperazine rings is 1. The minimum atomic E-state index is -0.0914. The van der Waals surface area contributed by atoms with Crippen molar-refractivity contribution in [2.24, 2.45) is 0 Å². The number of rotatable bonds is 8. The molecule has 0 bridgehead atoms. The number of nitrogens with one attached hydrogen (secondary N) is 1. The normalized spacial score (nSPS) is 14.9. The second-order valence-electron chi connectivity index (χ2n) is 7.24. The third kappa shape index (κ3) is 5.92. The van der Waals surface area contributed by atoms with E-state index in [0.717, 1.165) is 44.4 Å². The van der Waals surface area contributed by atoms with Gasteiger partial charge in [0.15, 0.2) is 6.61 Å². The van der Waals surface area contributed by atoms with E-state index in [0.29, 0.717) is 12.5 Å². The molecule has 0 unspecified atom stereocenters. The lowest BCUT2D eigenvalue weighted by molar-refractivity contribution is -0.123. The number of carbonyl (C=O) groups is 1. The Morgan fingerprint density at radius 3 is 2.61 bits per heavy atom. The molecule has 0 atom stereocenters. The summed E-state index contributed by atoms with van der Waals surface area (Å²) in [6.07, 6.45) is 3.54. The van der Waals surface area contributed by atoms with Crippen LogP contribution in [0.4, 0.5) is 5.95 Å². The van der Waals surface area contributed by atoms with Crippen molar-refractivity contribution in [3.63, 3.8) is 0 Å². The summed E-state index contributed by atoms with van der Waals surface area (Å²) in [7, 11) is 0. The molecule has 7 heteroatoms. The Morgan fingerprint density at radius 1 is 1.14 bits per heavy atom. The summed E-state index contributed by atoms with van der Waals surface area (Å²) >= 11 is 0. The third-order valence-corrected chi connectivity index (χ3v) is 4.85. The number of carbonyl (C=O) groups excluding carboxylic acids is 1. The number of aromatic nitrogens is 2. The van der Waals surface area contributed by atoms with Crippen LogP contribution in [0.2, 0.25) is 0 Å². The van der Waals surface area contributed by atoms with Gasteiger partial charge in [0.2, 0.25) is 5.95 Å². The first-order chi connectivity index (χ1) is 13.6. The van der Waals surface area contributed by atoms with Crippen LogP contribution < -0.4 is 15.0 Å². The predicted molar refractivity (Wildman–Crippen MR) is 110 cm³/mol. The fourth-order valence-electron chi connectivity index (χ4n) is 3.14. The number of nitrogens with zero attached hydrogens (tertiary/aromatic N) is 4. The lowest BCUT2D eigenvalue weighted by Crippen LogP contribution is -2.49. The highest BCUT2D eigenvalue weighted by Gasteiger charge is 2.18. The van der Waals surface area contributed by atoms with Gasteiger partial charge in [-0.1, -0.05) is 26.0 Å².